The van der Waals surface area contributed by atoms with Crippen molar-refractivity contribution in [3.05, 3.63) is 28.1 Å². The summed E-state index contributed by atoms with van der Waals surface area (Å²) in [5.41, 5.74) is -1.86. The van der Waals surface area contributed by atoms with Gasteiger partial charge in [-0.25, -0.2) is 4.98 Å². The van der Waals surface area contributed by atoms with Crippen LogP contribution in [-0.2, 0) is 6.18 Å². The lowest BCUT2D eigenvalue weighted by Gasteiger charge is -2.27. The summed E-state index contributed by atoms with van der Waals surface area (Å²) in [5.74, 6) is 0. The van der Waals surface area contributed by atoms with E-state index in [1.54, 1.807) is 0 Å². The van der Waals surface area contributed by atoms with Crippen molar-refractivity contribution in [2.75, 3.05) is 5.32 Å². The maximum absolute atomic E-state index is 12.6. The number of pyridine rings is 1. The second-order valence-corrected chi connectivity index (χ2v) is 4.99. The molecule has 0 amide bonds. The van der Waals surface area contributed by atoms with Crippen molar-refractivity contribution in [3.8, 4) is 0 Å². The Morgan fingerprint density at radius 2 is 1.95 bits per heavy atom. The van der Waals surface area contributed by atoms with Gasteiger partial charge in [0.15, 0.2) is 0 Å². The van der Waals surface area contributed by atoms with E-state index >= 15 is 0 Å². The van der Waals surface area contributed by atoms with E-state index < -0.39 is 28.6 Å². The molecule has 1 aliphatic carbocycles. The molecule has 116 valence electrons. The zero-order chi connectivity index (χ0) is 15.6. The molecule has 0 spiro atoms. The lowest BCUT2D eigenvalue weighted by atomic mass is 9.93. The Morgan fingerprint density at radius 1 is 1.33 bits per heavy atom. The summed E-state index contributed by atoms with van der Waals surface area (Å²) in [4.78, 5) is 13.2. The molecule has 0 bridgehead atoms. The first-order valence-electron chi connectivity index (χ1n) is 6.43. The number of aliphatic hydroxyl groups is 1. The van der Waals surface area contributed by atoms with Gasteiger partial charge in [0.05, 0.1) is 11.0 Å². The molecule has 1 saturated carbocycles. The van der Waals surface area contributed by atoms with Crippen molar-refractivity contribution >= 4 is 11.4 Å². The summed E-state index contributed by atoms with van der Waals surface area (Å²) in [6.45, 7) is 0. The molecule has 6 nitrogen and oxygen atoms in total. The van der Waals surface area contributed by atoms with E-state index in [4.69, 9.17) is 0 Å². The highest BCUT2D eigenvalue weighted by Crippen LogP contribution is 2.34. The van der Waals surface area contributed by atoms with Gasteiger partial charge in [-0.3, -0.25) is 10.1 Å². The van der Waals surface area contributed by atoms with Gasteiger partial charge < -0.3 is 10.4 Å². The Hall–Kier alpha value is -1.90. The van der Waals surface area contributed by atoms with Crippen molar-refractivity contribution in [1.82, 2.24) is 4.98 Å². The number of nitrogens with one attached hydrogen (secondary N) is 1. The SMILES string of the molecule is O=[N+]([O-])c1cnc(C(F)(F)F)cc1NC1CCC(O)CC1. The number of alkyl halides is 3. The predicted octanol–water partition coefficient (Wildman–Crippen LogP) is 2.72. The Morgan fingerprint density at radius 3 is 2.48 bits per heavy atom. The summed E-state index contributed by atoms with van der Waals surface area (Å²) in [6, 6.07) is 0.457. The highest BCUT2D eigenvalue weighted by Gasteiger charge is 2.34. The standard InChI is InChI=1S/C12H14F3N3O3/c13-12(14,15)11-5-9(10(6-16-11)18(20)21)17-7-1-3-8(19)4-2-7/h5-8,19H,1-4H2,(H,16,17). The molecule has 0 aromatic carbocycles. The van der Waals surface area contributed by atoms with Gasteiger partial charge in [-0.1, -0.05) is 0 Å². The predicted molar refractivity (Wildman–Crippen MR) is 67.8 cm³/mol. The average Bonchev–Trinajstić information content (AvgIpc) is 2.40. The number of anilines is 1. The number of rotatable bonds is 3. The van der Waals surface area contributed by atoms with Crippen molar-refractivity contribution in [2.24, 2.45) is 0 Å². The van der Waals surface area contributed by atoms with Gasteiger partial charge >= 0.3 is 11.9 Å². The van der Waals surface area contributed by atoms with Crippen molar-refractivity contribution in [3.63, 3.8) is 0 Å². The Balaban J connectivity index is 2.24. The molecule has 1 aromatic rings. The van der Waals surface area contributed by atoms with Crippen LogP contribution in [0.3, 0.4) is 0 Å². The molecular weight excluding hydrogens is 291 g/mol. The summed E-state index contributed by atoms with van der Waals surface area (Å²) in [5, 5.41) is 23.0. The molecule has 1 heterocycles. The number of aliphatic hydroxyl groups excluding tert-OH is 1. The minimum atomic E-state index is -4.66. The van der Waals surface area contributed by atoms with Gasteiger partial charge in [0.2, 0.25) is 0 Å². The number of aromatic nitrogens is 1. The van der Waals surface area contributed by atoms with E-state index in [1.165, 1.54) is 0 Å². The Kier molecular flexibility index (Phi) is 4.31. The van der Waals surface area contributed by atoms with Crippen LogP contribution >= 0.6 is 0 Å². The maximum Gasteiger partial charge on any atom is 0.433 e. The van der Waals surface area contributed by atoms with E-state index in [2.05, 4.69) is 10.3 Å². The van der Waals surface area contributed by atoms with Crippen LogP contribution in [0.5, 0.6) is 0 Å². The van der Waals surface area contributed by atoms with Crippen LogP contribution in [0.25, 0.3) is 0 Å². The molecule has 0 aliphatic heterocycles. The third kappa shape index (κ3) is 3.81. The van der Waals surface area contributed by atoms with E-state index in [9.17, 15) is 28.4 Å². The molecule has 2 N–H and O–H groups in total. The molecule has 0 unspecified atom stereocenters. The summed E-state index contributed by atoms with van der Waals surface area (Å²) in [7, 11) is 0. The first kappa shape index (κ1) is 15.5. The van der Waals surface area contributed by atoms with E-state index in [-0.39, 0.29) is 11.7 Å². The quantitative estimate of drug-likeness (QED) is 0.662. The fraction of sp³-hybridized carbons (Fsp3) is 0.583. The van der Waals surface area contributed by atoms with Crippen molar-refractivity contribution in [1.29, 1.82) is 0 Å². The van der Waals surface area contributed by atoms with Gasteiger partial charge in [0.1, 0.15) is 17.6 Å². The van der Waals surface area contributed by atoms with Gasteiger partial charge in [-0.2, -0.15) is 13.2 Å². The zero-order valence-corrected chi connectivity index (χ0v) is 10.9. The molecule has 1 fully saturated rings. The zero-order valence-electron chi connectivity index (χ0n) is 10.9. The molecule has 21 heavy (non-hydrogen) atoms. The van der Waals surface area contributed by atoms with Crippen molar-refractivity contribution in [2.45, 2.75) is 44.0 Å². The fourth-order valence-corrected chi connectivity index (χ4v) is 2.30. The van der Waals surface area contributed by atoms with Crippen molar-refractivity contribution < 1.29 is 23.2 Å². The summed E-state index contributed by atoms with van der Waals surface area (Å²) >= 11 is 0. The molecule has 0 atom stereocenters. The lowest BCUT2D eigenvalue weighted by molar-refractivity contribution is -0.384. The Labute approximate surface area is 118 Å². The molecule has 1 aliphatic rings. The summed E-state index contributed by atoms with van der Waals surface area (Å²) < 4.78 is 37.9. The van der Waals surface area contributed by atoms with Crippen LogP contribution in [-0.4, -0.2) is 27.2 Å². The molecule has 0 radical (unpaired) electrons. The maximum atomic E-state index is 12.6. The van der Waals surface area contributed by atoms with Gasteiger partial charge in [0.25, 0.3) is 0 Å². The van der Waals surface area contributed by atoms with Crippen LogP contribution in [0.4, 0.5) is 24.5 Å². The van der Waals surface area contributed by atoms with Crippen LogP contribution in [0.1, 0.15) is 31.4 Å². The minimum absolute atomic E-state index is 0.191. The van der Waals surface area contributed by atoms with E-state index in [0.717, 1.165) is 0 Å². The lowest BCUT2D eigenvalue weighted by Crippen LogP contribution is -2.28. The second-order valence-electron chi connectivity index (χ2n) is 4.99. The smallest absolute Gasteiger partial charge is 0.393 e. The third-order valence-electron chi connectivity index (χ3n) is 3.43. The van der Waals surface area contributed by atoms with Crippen LogP contribution in [0, 0.1) is 10.1 Å². The average molecular weight is 305 g/mol. The highest BCUT2D eigenvalue weighted by atomic mass is 19.4. The van der Waals surface area contributed by atoms with Crippen LogP contribution in [0.2, 0.25) is 0 Å². The van der Waals surface area contributed by atoms with Gasteiger partial charge in [-0.05, 0) is 31.7 Å². The molecule has 1 aromatic heterocycles. The first-order valence-corrected chi connectivity index (χ1v) is 6.43. The molecular formula is C12H14F3N3O3. The number of halogens is 3. The highest BCUT2D eigenvalue weighted by molar-refractivity contribution is 5.61. The van der Waals surface area contributed by atoms with Gasteiger partial charge in [0, 0.05) is 6.04 Å². The summed E-state index contributed by atoms with van der Waals surface area (Å²) in [6.07, 6.45) is -2.34. The largest absolute Gasteiger partial charge is 0.433 e. The Bertz CT molecular complexity index is 528. The number of nitro groups is 1. The van der Waals surface area contributed by atoms with Crippen LogP contribution in [0.15, 0.2) is 12.3 Å². The molecule has 0 saturated heterocycles. The topological polar surface area (TPSA) is 88.3 Å². The first-order chi connectivity index (χ1) is 9.77. The monoisotopic (exact) mass is 305 g/mol. The molecule has 2 rings (SSSR count). The minimum Gasteiger partial charge on any atom is -0.393 e. The fourth-order valence-electron chi connectivity index (χ4n) is 2.30. The number of hydrogen-bond acceptors (Lipinski definition) is 5. The van der Waals surface area contributed by atoms with E-state index in [0.29, 0.717) is 37.9 Å². The van der Waals surface area contributed by atoms with E-state index in [1.807, 2.05) is 0 Å². The number of nitrogens with zero attached hydrogens (tertiary/aromatic N) is 2. The third-order valence-corrected chi connectivity index (χ3v) is 3.43. The molecule has 9 heteroatoms. The number of hydrogen-bond donors (Lipinski definition) is 2. The van der Waals surface area contributed by atoms with Crippen LogP contribution < -0.4 is 5.32 Å². The second kappa shape index (κ2) is 5.84. The normalized spacial score (nSPS) is 22.9. The van der Waals surface area contributed by atoms with Gasteiger partial charge in [-0.15, -0.1) is 0 Å².